The molecule has 1 nitrogen and oxygen atoms in total. The molecule has 172 valence electrons. The Morgan fingerprint density at radius 1 is 1.13 bits per heavy atom. The largest absolute Gasteiger partial charge is 0.306 e. The third-order valence-electron chi connectivity index (χ3n) is 8.18. The first-order chi connectivity index (χ1) is 14.3. The van der Waals surface area contributed by atoms with Crippen LogP contribution in [-0.2, 0) is 0 Å². The van der Waals surface area contributed by atoms with Crippen molar-refractivity contribution in [3.8, 4) is 0 Å². The Balaban J connectivity index is 1.64. The van der Waals surface area contributed by atoms with Crippen LogP contribution in [0.5, 0.6) is 0 Å². The van der Waals surface area contributed by atoms with Gasteiger partial charge in [-0.2, -0.15) is 0 Å². The minimum Gasteiger partial charge on any atom is -0.306 e. The normalized spacial score (nSPS) is 38.1. The Labute approximate surface area is 182 Å². The van der Waals surface area contributed by atoms with Gasteiger partial charge in [0.1, 0.15) is 18.2 Å². The molecule has 0 aromatic heterocycles. The maximum Gasteiger partial charge on any atom is 0.122 e. The van der Waals surface area contributed by atoms with Crippen LogP contribution < -0.4 is 5.32 Å². The van der Waals surface area contributed by atoms with Gasteiger partial charge in [0.05, 0.1) is 6.04 Å². The minimum absolute atomic E-state index is 0.337. The SMILES string of the molecule is CC1=C(CCCNC2C(F)=CCCC2F)C(C2CCC(F)CC2C)CC(C(C)C)C1. The van der Waals surface area contributed by atoms with Crippen molar-refractivity contribution in [2.45, 2.75) is 104 Å². The van der Waals surface area contributed by atoms with E-state index in [0.717, 1.165) is 25.7 Å². The number of alkyl halides is 2. The van der Waals surface area contributed by atoms with E-state index in [4.69, 9.17) is 0 Å². The molecular weight excluding hydrogens is 383 g/mol. The molecule has 3 rings (SSSR count). The average molecular weight is 426 g/mol. The molecule has 3 aliphatic rings. The van der Waals surface area contributed by atoms with Crippen molar-refractivity contribution in [3.05, 3.63) is 23.0 Å². The van der Waals surface area contributed by atoms with Crippen molar-refractivity contribution in [1.29, 1.82) is 0 Å². The van der Waals surface area contributed by atoms with E-state index in [1.54, 1.807) is 5.57 Å². The summed E-state index contributed by atoms with van der Waals surface area (Å²) >= 11 is 0. The topological polar surface area (TPSA) is 12.0 Å². The standard InChI is InChI=1S/C26H42F3N/c1-16(2)19-13-17(3)21(23(15-19)22-11-10-20(27)14-18(22)4)7-6-12-30-26-24(28)8-5-9-25(26)29/h8,16,18-20,22-23,25-26,30H,5-7,9-15H2,1-4H3. The van der Waals surface area contributed by atoms with E-state index in [1.165, 1.54) is 18.1 Å². The number of hydrogen-bond donors (Lipinski definition) is 1. The maximum atomic E-state index is 14.1. The van der Waals surface area contributed by atoms with Crippen LogP contribution in [0.15, 0.2) is 23.0 Å². The Hall–Kier alpha value is -0.770. The van der Waals surface area contributed by atoms with Crippen molar-refractivity contribution in [3.63, 3.8) is 0 Å². The Bertz CT molecular complexity index is 626. The molecule has 0 radical (unpaired) electrons. The first-order valence-corrected chi connectivity index (χ1v) is 12.3. The molecule has 7 atom stereocenters. The van der Waals surface area contributed by atoms with Crippen LogP contribution in [-0.4, -0.2) is 24.9 Å². The van der Waals surface area contributed by atoms with Gasteiger partial charge in [0.15, 0.2) is 0 Å². The van der Waals surface area contributed by atoms with Crippen molar-refractivity contribution in [2.75, 3.05) is 6.54 Å². The number of rotatable bonds is 7. The molecule has 0 aromatic carbocycles. The summed E-state index contributed by atoms with van der Waals surface area (Å²) in [6.45, 7) is 9.81. The highest BCUT2D eigenvalue weighted by Crippen LogP contribution is 2.48. The first-order valence-electron chi connectivity index (χ1n) is 12.3. The highest BCUT2D eigenvalue weighted by atomic mass is 19.1. The lowest BCUT2D eigenvalue weighted by atomic mass is 9.62. The molecule has 30 heavy (non-hydrogen) atoms. The third-order valence-corrected chi connectivity index (χ3v) is 8.18. The van der Waals surface area contributed by atoms with Crippen LogP contribution >= 0.6 is 0 Å². The van der Waals surface area contributed by atoms with E-state index in [2.05, 4.69) is 33.0 Å². The molecule has 1 saturated carbocycles. The van der Waals surface area contributed by atoms with Gasteiger partial charge in [-0.25, -0.2) is 13.2 Å². The molecule has 0 aromatic rings. The summed E-state index contributed by atoms with van der Waals surface area (Å²) in [7, 11) is 0. The van der Waals surface area contributed by atoms with Crippen LogP contribution in [0.25, 0.3) is 0 Å². The fourth-order valence-corrected chi connectivity index (χ4v) is 6.29. The summed E-state index contributed by atoms with van der Waals surface area (Å²) in [6.07, 6.45) is 7.34. The van der Waals surface area contributed by atoms with Crippen molar-refractivity contribution < 1.29 is 13.2 Å². The van der Waals surface area contributed by atoms with Gasteiger partial charge in [-0.15, -0.1) is 0 Å². The van der Waals surface area contributed by atoms with Crippen LogP contribution in [0, 0.1) is 29.6 Å². The van der Waals surface area contributed by atoms with E-state index >= 15 is 0 Å². The summed E-state index contributed by atoms with van der Waals surface area (Å²) in [4.78, 5) is 0. The summed E-state index contributed by atoms with van der Waals surface area (Å²) in [6, 6.07) is -0.763. The lowest BCUT2D eigenvalue weighted by Crippen LogP contribution is -2.40. The second kappa shape index (κ2) is 10.7. The lowest BCUT2D eigenvalue weighted by Gasteiger charge is -2.43. The lowest BCUT2D eigenvalue weighted by molar-refractivity contribution is 0.0985. The van der Waals surface area contributed by atoms with Gasteiger partial charge in [-0.3, -0.25) is 0 Å². The third kappa shape index (κ3) is 5.72. The fourth-order valence-electron chi connectivity index (χ4n) is 6.29. The summed E-state index contributed by atoms with van der Waals surface area (Å²) < 4.78 is 42.0. The van der Waals surface area contributed by atoms with E-state index in [9.17, 15) is 13.2 Å². The van der Waals surface area contributed by atoms with Crippen molar-refractivity contribution >= 4 is 0 Å². The molecule has 0 saturated heterocycles. The van der Waals surface area contributed by atoms with E-state index < -0.39 is 18.4 Å². The van der Waals surface area contributed by atoms with Crippen LogP contribution in [0.1, 0.15) is 85.5 Å². The van der Waals surface area contributed by atoms with E-state index in [-0.39, 0.29) is 5.83 Å². The first kappa shape index (κ1) is 23.9. The molecule has 0 spiro atoms. The van der Waals surface area contributed by atoms with Crippen molar-refractivity contribution in [1.82, 2.24) is 5.32 Å². The highest BCUT2D eigenvalue weighted by Gasteiger charge is 2.39. The number of allylic oxidation sites excluding steroid dienone is 3. The molecule has 0 amide bonds. The second-order valence-electron chi connectivity index (χ2n) is 10.6. The second-order valence-corrected chi connectivity index (χ2v) is 10.6. The van der Waals surface area contributed by atoms with Gasteiger partial charge < -0.3 is 5.32 Å². The molecule has 1 N–H and O–H groups in total. The zero-order valence-electron chi connectivity index (χ0n) is 19.4. The average Bonchev–Trinajstić information content (AvgIpc) is 2.67. The van der Waals surface area contributed by atoms with E-state index in [0.29, 0.717) is 61.8 Å². The number of hydrogen-bond acceptors (Lipinski definition) is 1. The summed E-state index contributed by atoms with van der Waals surface area (Å²) in [5.74, 6) is 2.59. The molecule has 3 aliphatic carbocycles. The molecular formula is C26H42F3N. The van der Waals surface area contributed by atoms with Crippen molar-refractivity contribution in [2.24, 2.45) is 29.6 Å². The summed E-state index contributed by atoms with van der Waals surface area (Å²) in [5.41, 5.74) is 3.09. The van der Waals surface area contributed by atoms with Gasteiger partial charge in [0.2, 0.25) is 0 Å². The predicted molar refractivity (Wildman–Crippen MR) is 119 cm³/mol. The van der Waals surface area contributed by atoms with Crippen LogP contribution in [0.2, 0.25) is 0 Å². The molecule has 7 unspecified atom stereocenters. The molecule has 1 fully saturated rings. The molecule has 0 bridgehead atoms. The Morgan fingerprint density at radius 3 is 2.57 bits per heavy atom. The van der Waals surface area contributed by atoms with Gasteiger partial charge in [0, 0.05) is 0 Å². The predicted octanol–water partition coefficient (Wildman–Crippen LogP) is 7.48. The van der Waals surface area contributed by atoms with Crippen LogP contribution in [0.4, 0.5) is 13.2 Å². The van der Waals surface area contributed by atoms with Gasteiger partial charge in [0.25, 0.3) is 0 Å². The maximum absolute atomic E-state index is 14.1. The van der Waals surface area contributed by atoms with Gasteiger partial charge >= 0.3 is 0 Å². The van der Waals surface area contributed by atoms with E-state index in [1.807, 2.05) is 0 Å². The van der Waals surface area contributed by atoms with Gasteiger partial charge in [-0.05, 0) is 101 Å². The Kier molecular flexibility index (Phi) is 8.52. The fraction of sp³-hybridized carbons (Fsp3) is 0.846. The Morgan fingerprint density at radius 2 is 1.90 bits per heavy atom. The monoisotopic (exact) mass is 425 g/mol. The number of halogens is 3. The zero-order chi connectivity index (χ0) is 21.8. The highest BCUT2D eigenvalue weighted by molar-refractivity contribution is 5.21. The van der Waals surface area contributed by atoms with Gasteiger partial charge in [-0.1, -0.05) is 38.0 Å². The molecule has 4 heteroatoms. The van der Waals surface area contributed by atoms with Crippen LogP contribution in [0.3, 0.4) is 0 Å². The minimum atomic E-state index is -1.12. The smallest absolute Gasteiger partial charge is 0.122 e. The zero-order valence-corrected chi connectivity index (χ0v) is 19.4. The molecule has 0 heterocycles. The quantitative estimate of drug-likeness (QED) is 0.329. The molecule has 0 aliphatic heterocycles. The summed E-state index contributed by atoms with van der Waals surface area (Å²) in [5, 5.41) is 3.12. The number of nitrogens with one attached hydrogen (secondary N) is 1.